The SMILES string of the molecule is COc1cc(C)c(Br)cc1C(=O)c1cc(C)c(C)s1. The Balaban J connectivity index is 2.52. The maximum atomic E-state index is 12.6. The second-order valence-electron chi connectivity index (χ2n) is 4.48. The Kier molecular flexibility index (Phi) is 4.11. The van der Waals surface area contributed by atoms with Gasteiger partial charge in [-0.25, -0.2) is 0 Å². The molecule has 1 heterocycles. The number of methoxy groups -OCH3 is 1. The minimum atomic E-state index is 0.0127. The van der Waals surface area contributed by atoms with Crippen molar-refractivity contribution in [1.82, 2.24) is 0 Å². The Morgan fingerprint density at radius 3 is 2.37 bits per heavy atom. The lowest BCUT2D eigenvalue weighted by atomic mass is 10.1. The fourth-order valence-corrected chi connectivity index (χ4v) is 3.15. The van der Waals surface area contributed by atoms with Gasteiger partial charge in [0, 0.05) is 9.35 Å². The molecule has 0 amide bonds. The predicted octanol–water partition coefficient (Wildman–Crippen LogP) is 4.68. The van der Waals surface area contributed by atoms with Crippen LogP contribution in [0, 0.1) is 20.8 Å². The summed E-state index contributed by atoms with van der Waals surface area (Å²) in [4.78, 5) is 14.5. The Morgan fingerprint density at radius 1 is 1.16 bits per heavy atom. The Hall–Kier alpha value is -1.13. The van der Waals surface area contributed by atoms with E-state index in [0.717, 1.165) is 20.5 Å². The van der Waals surface area contributed by atoms with E-state index in [1.807, 2.05) is 39.0 Å². The lowest BCUT2D eigenvalue weighted by molar-refractivity contribution is 0.103. The van der Waals surface area contributed by atoms with Crippen LogP contribution in [0.15, 0.2) is 22.7 Å². The first-order chi connectivity index (χ1) is 8.93. The highest BCUT2D eigenvalue weighted by Crippen LogP contribution is 2.31. The minimum absolute atomic E-state index is 0.0127. The summed E-state index contributed by atoms with van der Waals surface area (Å²) in [5.41, 5.74) is 2.80. The van der Waals surface area contributed by atoms with Crippen molar-refractivity contribution < 1.29 is 9.53 Å². The summed E-state index contributed by atoms with van der Waals surface area (Å²) in [5.74, 6) is 0.633. The molecule has 4 heteroatoms. The molecule has 0 aliphatic carbocycles. The van der Waals surface area contributed by atoms with E-state index in [1.54, 1.807) is 7.11 Å². The van der Waals surface area contributed by atoms with Crippen LogP contribution in [0.2, 0.25) is 0 Å². The van der Waals surface area contributed by atoms with Gasteiger partial charge in [0.25, 0.3) is 0 Å². The molecular formula is C15H15BrO2S. The molecular weight excluding hydrogens is 324 g/mol. The van der Waals surface area contributed by atoms with Gasteiger partial charge in [-0.15, -0.1) is 11.3 Å². The van der Waals surface area contributed by atoms with Gasteiger partial charge in [-0.2, -0.15) is 0 Å². The molecule has 2 rings (SSSR count). The number of carbonyl (C=O) groups is 1. The molecule has 0 aliphatic rings. The quantitative estimate of drug-likeness (QED) is 0.759. The smallest absolute Gasteiger partial charge is 0.206 e. The van der Waals surface area contributed by atoms with E-state index in [-0.39, 0.29) is 5.78 Å². The second-order valence-corrected chi connectivity index (χ2v) is 6.59. The number of ketones is 1. The van der Waals surface area contributed by atoms with E-state index in [2.05, 4.69) is 15.9 Å². The molecule has 0 fully saturated rings. The highest BCUT2D eigenvalue weighted by molar-refractivity contribution is 9.10. The average molecular weight is 339 g/mol. The molecule has 2 nitrogen and oxygen atoms in total. The summed E-state index contributed by atoms with van der Waals surface area (Å²) in [5, 5.41) is 0. The van der Waals surface area contributed by atoms with E-state index in [0.29, 0.717) is 11.3 Å². The van der Waals surface area contributed by atoms with Gasteiger partial charge in [0.1, 0.15) is 5.75 Å². The van der Waals surface area contributed by atoms with Crippen LogP contribution in [0.1, 0.15) is 31.2 Å². The molecule has 0 unspecified atom stereocenters. The first-order valence-electron chi connectivity index (χ1n) is 5.90. The van der Waals surface area contributed by atoms with Crippen molar-refractivity contribution in [2.75, 3.05) is 7.11 Å². The Labute approximate surface area is 125 Å². The molecule has 1 aromatic carbocycles. The highest BCUT2D eigenvalue weighted by atomic mass is 79.9. The third kappa shape index (κ3) is 2.74. The number of ether oxygens (including phenoxy) is 1. The second kappa shape index (κ2) is 5.47. The fraction of sp³-hybridized carbons (Fsp3) is 0.267. The summed E-state index contributed by atoms with van der Waals surface area (Å²) >= 11 is 4.99. The molecule has 0 N–H and O–H groups in total. The standard InChI is InChI=1S/C15H15BrO2S/c1-8-6-14(19-10(8)3)15(17)11-7-12(16)9(2)5-13(11)18-4/h5-7H,1-4H3. The number of carbonyl (C=O) groups excluding carboxylic acids is 1. The molecule has 0 radical (unpaired) electrons. The van der Waals surface area contributed by atoms with Gasteiger partial charge in [0.05, 0.1) is 17.6 Å². The normalized spacial score (nSPS) is 10.6. The molecule has 100 valence electrons. The van der Waals surface area contributed by atoms with Crippen molar-refractivity contribution in [1.29, 1.82) is 0 Å². The molecule has 0 bridgehead atoms. The van der Waals surface area contributed by atoms with E-state index < -0.39 is 0 Å². The van der Waals surface area contributed by atoms with Crippen LogP contribution in [0.25, 0.3) is 0 Å². The van der Waals surface area contributed by atoms with Crippen LogP contribution in [0.4, 0.5) is 0 Å². The zero-order valence-corrected chi connectivity index (χ0v) is 13.7. The summed E-state index contributed by atoms with van der Waals surface area (Å²) < 4.78 is 6.24. The first-order valence-corrected chi connectivity index (χ1v) is 7.51. The summed E-state index contributed by atoms with van der Waals surface area (Å²) in [6.45, 7) is 6.02. The fourth-order valence-electron chi connectivity index (χ4n) is 1.82. The van der Waals surface area contributed by atoms with Crippen molar-refractivity contribution in [3.05, 3.63) is 49.1 Å². The lowest BCUT2D eigenvalue weighted by Crippen LogP contribution is -2.03. The molecule has 0 spiro atoms. The van der Waals surface area contributed by atoms with Crippen molar-refractivity contribution >= 4 is 33.0 Å². The third-order valence-corrected chi connectivity index (χ3v) is 5.12. The average Bonchev–Trinajstić information content (AvgIpc) is 2.71. The van der Waals surface area contributed by atoms with Crippen molar-refractivity contribution in [2.45, 2.75) is 20.8 Å². The van der Waals surface area contributed by atoms with Crippen LogP contribution in [-0.4, -0.2) is 12.9 Å². The summed E-state index contributed by atoms with van der Waals surface area (Å²) in [7, 11) is 1.59. The van der Waals surface area contributed by atoms with E-state index in [9.17, 15) is 4.79 Å². The molecule has 0 atom stereocenters. The van der Waals surface area contributed by atoms with E-state index in [4.69, 9.17) is 4.74 Å². The Morgan fingerprint density at radius 2 is 1.84 bits per heavy atom. The van der Waals surface area contributed by atoms with Gasteiger partial charge in [-0.3, -0.25) is 4.79 Å². The zero-order valence-electron chi connectivity index (χ0n) is 11.3. The van der Waals surface area contributed by atoms with Gasteiger partial charge in [-0.1, -0.05) is 15.9 Å². The largest absolute Gasteiger partial charge is 0.496 e. The topological polar surface area (TPSA) is 26.3 Å². The first kappa shape index (κ1) is 14.3. The van der Waals surface area contributed by atoms with Crippen LogP contribution in [0.5, 0.6) is 5.75 Å². The van der Waals surface area contributed by atoms with Crippen LogP contribution < -0.4 is 4.74 Å². The number of rotatable bonds is 3. The van der Waals surface area contributed by atoms with Gasteiger partial charge in [0.15, 0.2) is 0 Å². The van der Waals surface area contributed by atoms with Crippen LogP contribution >= 0.6 is 27.3 Å². The molecule has 2 aromatic rings. The molecule has 0 aliphatic heterocycles. The predicted molar refractivity (Wildman–Crippen MR) is 82.7 cm³/mol. The summed E-state index contributed by atoms with van der Waals surface area (Å²) in [6, 6.07) is 5.65. The number of aryl methyl sites for hydroxylation is 3. The number of hydrogen-bond donors (Lipinski definition) is 0. The monoisotopic (exact) mass is 338 g/mol. The maximum absolute atomic E-state index is 12.6. The number of hydrogen-bond acceptors (Lipinski definition) is 3. The zero-order chi connectivity index (χ0) is 14.2. The molecule has 0 saturated carbocycles. The van der Waals surface area contributed by atoms with Gasteiger partial charge in [-0.05, 0) is 50.1 Å². The highest BCUT2D eigenvalue weighted by Gasteiger charge is 2.18. The van der Waals surface area contributed by atoms with E-state index in [1.165, 1.54) is 16.2 Å². The number of halogens is 1. The molecule has 19 heavy (non-hydrogen) atoms. The van der Waals surface area contributed by atoms with Gasteiger partial charge in [0.2, 0.25) is 5.78 Å². The Bertz CT molecular complexity index is 624. The third-order valence-electron chi connectivity index (χ3n) is 3.12. The van der Waals surface area contributed by atoms with Crippen LogP contribution in [-0.2, 0) is 0 Å². The van der Waals surface area contributed by atoms with Crippen molar-refractivity contribution in [3.8, 4) is 5.75 Å². The summed E-state index contributed by atoms with van der Waals surface area (Å²) in [6.07, 6.45) is 0. The molecule has 1 aromatic heterocycles. The van der Waals surface area contributed by atoms with Crippen LogP contribution in [0.3, 0.4) is 0 Å². The molecule has 0 saturated heterocycles. The number of benzene rings is 1. The maximum Gasteiger partial charge on any atom is 0.206 e. The van der Waals surface area contributed by atoms with Crippen molar-refractivity contribution in [2.24, 2.45) is 0 Å². The van der Waals surface area contributed by atoms with Gasteiger partial charge >= 0.3 is 0 Å². The number of thiophene rings is 1. The van der Waals surface area contributed by atoms with Gasteiger partial charge < -0.3 is 4.74 Å². The van der Waals surface area contributed by atoms with E-state index >= 15 is 0 Å². The van der Waals surface area contributed by atoms with Crippen molar-refractivity contribution in [3.63, 3.8) is 0 Å². The lowest BCUT2D eigenvalue weighted by Gasteiger charge is -2.09. The minimum Gasteiger partial charge on any atom is -0.496 e.